The van der Waals surface area contributed by atoms with Gasteiger partial charge in [0.05, 0.1) is 30.1 Å². The molecule has 3 aliphatic heterocycles. The lowest BCUT2D eigenvalue weighted by Crippen LogP contribution is -2.59. The summed E-state index contributed by atoms with van der Waals surface area (Å²) in [7, 11) is 1.70. The van der Waals surface area contributed by atoms with Gasteiger partial charge >= 0.3 is 5.97 Å². The maximum Gasteiger partial charge on any atom is 0.302 e. The number of aryl methyl sites for hydroxylation is 1. The van der Waals surface area contributed by atoms with Gasteiger partial charge in [-0.3, -0.25) is 34.1 Å². The highest BCUT2D eigenvalue weighted by Gasteiger charge is 2.42. The number of methoxy groups -OCH3 is 1. The molecular weight excluding hydrogens is 807 g/mol. The summed E-state index contributed by atoms with van der Waals surface area (Å²) in [5, 5.41) is 6.03. The van der Waals surface area contributed by atoms with Crippen molar-refractivity contribution in [3.8, 4) is 22.4 Å². The van der Waals surface area contributed by atoms with E-state index in [2.05, 4.69) is 90.9 Å². The van der Waals surface area contributed by atoms with Gasteiger partial charge in [0.15, 0.2) is 0 Å². The van der Waals surface area contributed by atoms with Crippen LogP contribution in [0.4, 0.5) is 0 Å². The number of hydrogen-bond acceptors (Lipinski definition) is 9. The highest BCUT2D eigenvalue weighted by Crippen LogP contribution is 2.42. The molecule has 3 aliphatic rings. The molecule has 0 saturated carbocycles. The molecule has 0 aliphatic carbocycles. The summed E-state index contributed by atoms with van der Waals surface area (Å²) >= 11 is 0. The highest BCUT2D eigenvalue weighted by atomic mass is 16.5. The van der Waals surface area contributed by atoms with Gasteiger partial charge < -0.3 is 24.3 Å². The molecule has 13 nitrogen and oxygen atoms in total. The Bertz CT molecular complexity index is 2340. The highest BCUT2D eigenvalue weighted by molar-refractivity contribution is 5.95. The van der Waals surface area contributed by atoms with Crippen LogP contribution in [-0.4, -0.2) is 113 Å². The van der Waals surface area contributed by atoms with Crippen molar-refractivity contribution in [1.82, 2.24) is 35.1 Å². The zero-order valence-electron chi connectivity index (χ0n) is 38.8. The monoisotopic (exact) mass is 874 g/mol. The van der Waals surface area contributed by atoms with Gasteiger partial charge in [-0.25, -0.2) is 5.43 Å². The number of carbonyl (C=O) groups is 4. The molecule has 0 bridgehead atoms. The Morgan fingerprint density at radius 2 is 1.83 bits per heavy atom. The average molecular weight is 874 g/mol. The number of rotatable bonds is 17. The van der Waals surface area contributed by atoms with Gasteiger partial charge in [-0.05, 0) is 105 Å². The number of esters is 1. The van der Waals surface area contributed by atoms with Crippen molar-refractivity contribution in [2.45, 2.75) is 98.4 Å². The third kappa shape index (κ3) is 10.3. The summed E-state index contributed by atoms with van der Waals surface area (Å²) in [6.07, 6.45) is 6.66. The summed E-state index contributed by atoms with van der Waals surface area (Å²) in [6, 6.07) is 17.8. The molecule has 7 rings (SSSR count). The van der Waals surface area contributed by atoms with Crippen LogP contribution in [-0.2, 0) is 48.0 Å². The summed E-state index contributed by atoms with van der Waals surface area (Å²) in [6.45, 7) is 20.7. The van der Waals surface area contributed by atoms with Gasteiger partial charge in [0.2, 0.25) is 11.8 Å². The lowest BCUT2D eigenvalue weighted by molar-refractivity contribution is -0.144. The Hall–Kier alpha value is -5.37. The number of hydrogen-bond donors (Lipinski definition) is 2. The second-order valence-corrected chi connectivity index (χ2v) is 18.8. The third-order valence-corrected chi connectivity index (χ3v) is 13.3. The second kappa shape index (κ2) is 20.2. The van der Waals surface area contributed by atoms with Crippen LogP contribution >= 0.6 is 0 Å². The quantitative estimate of drug-likeness (QED) is 0.0874. The van der Waals surface area contributed by atoms with Gasteiger partial charge in [0.1, 0.15) is 6.04 Å². The molecule has 0 spiro atoms. The van der Waals surface area contributed by atoms with E-state index in [-0.39, 0.29) is 53.8 Å². The number of fused-ring (bicyclic) bond motifs is 1. The van der Waals surface area contributed by atoms with Crippen molar-refractivity contribution < 1.29 is 28.7 Å². The number of hydrazine groups is 1. The molecule has 2 aromatic heterocycles. The van der Waals surface area contributed by atoms with Gasteiger partial charge in [-0.1, -0.05) is 57.7 Å². The molecule has 342 valence electrons. The number of likely N-dealkylation sites (tertiary alicyclic amines) is 2. The Kier molecular flexibility index (Phi) is 14.7. The maximum absolute atomic E-state index is 14.4. The molecule has 3 fully saturated rings. The van der Waals surface area contributed by atoms with Crippen molar-refractivity contribution in [1.29, 1.82) is 0 Å². The topological polar surface area (TPSA) is 138 Å². The van der Waals surface area contributed by atoms with Crippen LogP contribution in [0.15, 0.2) is 73.4 Å². The minimum atomic E-state index is -0.773. The van der Waals surface area contributed by atoms with Gasteiger partial charge in [-0.2, -0.15) is 0 Å². The standard InChI is InChI=1S/C51H67N7O6/c1-9-45(60)56-30-37(31-56)29-55-24-20-33(3)47(55)49(61)54-43(50(62)58-23-12-11-22-53-58)26-36-15-13-16-38(25-36)39-18-19-44-41(27-39)42(28-51(6,7)32-64-35(5)59)48(57(44)10-2)40-17-14-21-52-46(40)34(4)63-8/h9,13-19,21,25,27,33-34,37,43,47,53H,1,10-12,20,22-24,26,28-32H2,2-8H3,(H,54,61)/t33-,34-,43-,47-/m0/s1. The molecule has 3 amide bonds. The van der Waals surface area contributed by atoms with Crippen molar-refractivity contribution in [3.05, 3.63) is 90.3 Å². The summed E-state index contributed by atoms with van der Waals surface area (Å²) in [5.74, 6) is -0.207. The van der Waals surface area contributed by atoms with E-state index in [1.807, 2.05) is 25.1 Å². The maximum atomic E-state index is 14.4. The average Bonchev–Trinajstić information content (AvgIpc) is 3.81. The van der Waals surface area contributed by atoms with Crippen molar-refractivity contribution in [3.63, 3.8) is 0 Å². The zero-order chi connectivity index (χ0) is 45.7. The van der Waals surface area contributed by atoms with Crippen molar-refractivity contribution in [2.24, 2.45) is 17.3 Å². The van der Waals surface area contributed by atoms with Crippen LogP contribution < -0.4 is 10.7 Å². The SMILES string of the molecule is C=CC(=O)N1CC(CN2CC[C@H](C)[C@H]2C(=O)N[C@@H](Cc2cccc(-c3ccc4c(c3)c(CC(C)(C)COC(C)=O)c(-c3cccnc3[C@H](C)OC)n4CC)c2)C(=O)N2CCCCN2)C1. The fraction of sp³-hybridized carbons (Fsp3) is 0.510. The van der Waals surface area contributed by atoms with Gasteiger partial charge in [-0.15, -0.1) is 0 Å². The van der Waals surface area contributed by atoms with Gasteiger partial charge in [0.25, 0.3) is 5.91 Å². The van der Waals surface area contributed by atoms with Crippen LogP contribution in [0.25, 0.3) is 33.3 Å². The molecule has 13 heteroatoms. The van der Waals surface area contributed by atoms with Crippen molar-refractivity contribution in [2.75, 3.05) is 53.0 Å². The van der Waals surface area contributed by atoms with Crippen LogP contribution in [0.2, 0.25) is 0 Å². The summed E-state index contributed by atoms with van der Waals surface area (Å²) in [4.78, 5) is 61.6. The fourth-order valence-electron chi connectivity index (χ4n) is 9.92. The Balaban J connectivity index is 1.21. The van der Waals surface area contributed by atoms with E-state index < -0.39 is 6.04 Å². The number of amides is 3. The number of carbonyl (C=O) groups excluding carboxylic acids is 4. The zero-order valence-corrected chi connectivity index (χ0v) is 38.8. The first-order valence-electron chi connectivity index (χ1n) is 23.1. The lowest BCUT2D eigenvalue weighted by Gasteiger charge is -2.41. The van der Waals surface area contributed by atoms with E-state index in [0.717, 1.165) is 89.0 Å². The number of pyridine rings is 1. The molecule has 0 unspecified atom stereocenters. The van der Waals surface area contributed by atoms with E-state index in [1.54, 1.807) is 23.2 Å². The summed E-state index contributed by atoms with van der Waals surface area (Å²) < 4.78 is 13.7. The third-order valence-electron chi connectivity index (χ3n) is 13.3. The predicted octanol–water partition coefficient (Wildman–Crippen LogP) is 6.74. The van der Waals surface area contributed by atoms with Crippen LogP contribution in [0, 0.1) is 17.3 Å². The first-order valence-corrected chi connectivity index (χ1v) is 23.1. The number of benzene rings is 2. The number of nitrogens with one attached hydrogen (secondary N) is 2. The Morgan fingerprint density at radius 3 is 2.53 bits per heavy atom. The Morgan fingerprint density at radius 1 is 1.05 bits per heavy atom. The van der Waals surface area contributed by atoms with E-state index >= 15 is 0 Å². The first-order chi connectivity index (χ1) is 30.7. The normalized spacial score (nSPS) is 19.3. The number of ether oxygens (including phenoxy) is 2. The van der Waals surface area contributed by atoms with Crippen LogP contribution in [0.1, 0.15) is 83.7 Å². The largest absolute Gasteiger partial charge is 0.465 e. The van der Waals surface area contributed by atoms with E-state index in [0.29, 0.717) is 44.9 Å². The molecule has 64 heavy (non-hydrogen) atoms. The second-order valence-electron chi connectivity index (χ2n) is 18.8. The van der Waals surface area contributed by atoms with E-state index in [1.165, 1.54) is 13.0 Å². The summed E-state index contributed by atoms with van der Waals surface area (Å²) in [5.41, 5.74) is 11.0. The van der Waals surface area contributed by atoms with Crippen LogP contribution in [0.3, 0.4) is 0 Å². The molecule has 2 N–H and O–H groups in total. The fourth-order valence-corrected chi connectivity index (χ4v) is 9.92. The molecular formula is C51H67N7O6. The molecule has 2 aromatic carbocycles. The predicted molar refractivity (Wildman–Crippen MR) is 250 cm³/mol. The van der Waals surface area contributed by atoms with Gasteiger partial charge in [0, 0.05) is 93.7 Å². The molecule has 4 aromatic rings. The molecule has 4 atom stereocenters. The molecule has 0 radical (unpaired) electrons. The smallest absolute Gasteiger partial charge is 0.302 e. The molecule has 3 saturated heterocycles. The van der Waals surface area contributed by atoms with E-state index in [9.17, 15) is 19.2 Å². The minimum Gasteiger partial charge on any atom is -0.465 e. The van der Waals surface area contributed by atoms with Crippen LogP contribution in [0.5, 0.6) is 0 Å². The number of aromatic nitrogens is 2. The van der Waals surface area contributed by atoms with E-state index in [4.69, 9.17) is 14.5 Å². The minimum absolute atomic E-state index is 0.0588. The Labute approximate surface area is 378 Å². The molecule has 5 heterocycles. The first kappa shape index (κ1) is 46.6. The number of nitrogens with zero attached hydrogens (tertiary/aromatic N) is 5. The lowest BCUT2D eigenvalue weighted by atomic mass is 9.84. The van der Waals surface area contributed by atoms with Crippen molar-refractivity contribution >= 4 is 34.6 Å².